The number of hydrogen-bond acceptors (Lipinski definition) is 3. The molecule has 6 heteroatoms. The summed E-state index contributed by atoms with van der Waals surface area (Å²) in [5, 5.41) is 19.6. The summed E-state index contributed by atoms with van der Waals surface area (Å²) in [7, 11) is 0. The Kier molecular flexibility index (Phi) is 3.38. The van der Waals surface area contributed by atoms with E-state index >= 15 is 0 Å². The lowest BCUT2D eigenvalue weighted by Crippen LogP contribution is -2.42. The highest BCUT2D eigenvalue weighted by atomic mass is 19.3. The molecule has 0 spiro atoms. The van der Waals surface area contributed by atoms with Gasteiger partial charge in [0.05, 0.1) is 12.6 Å². The normalized spacial score (nSPS) is 19.4. The van der Waals surface area contributed by atoms with Gasteiger partial charge < -0.3 is 15.5 Å². The van der Waals surface area contributed by atoms with Crippen LogP contribution in [0.1, 0.15) is 12.8 Å². The maximum atomic E-state index is 12.5. The van der Waals surface area contributed by atoms with Crippen molar-refractivity contribution in [3.63, 3.8) is 0 Å². The maximum absolute atomic E-state index is 12.5. The first-order valence-electron chi connectivity index (χ1n) is 4.43. The molecule has 1 saturated carbocycles. The Labute approximate surface area is 79.9 Å². The van der Waals surface area contributed by atoms with Crippen molar-refractivity contribution in [2.75, 3.05) is 13.1 Å². The highest BCUT2D eigenvalue weighted by molar-refractivity contribution is 5.75. The van der Waals surface area contributed by atoms with Gasteiger partial charge in [0, 0.05) is 6.54 Å². The van der Waals surface area contributed by atoms with Gasteiger partial charge in [0.15, 0.2) is 0 Å². The molecule has 4 nitrogen and oxygen atoms in total. The van der Waals surface area contributed by atoms with Gasteiger partial charge in [-0.3, -0.25) is 0 Å². The third-order valence-corrected chi connectivity index (χ3v) is 2.18. The molecule has 82 valence electrons. The molecule has 0 aliphatic heterocycles. The number of hydrogen-bond donors (Lipinski definition) is 3. The second-order valence-electron chi connectivity index (χ2n) is 3.55. The minimum absolute atomic E-state index is 0.0214. The Morgan fingerprint density at radius 3 is 2.57 bits per heavy atom. The van der Waals surface area contributed by atoms with Crippen molar-refractivity contribution < 1.29 is 23.8 Å². The SMILES string of the molecule is O=C(O)C(F)(F)CNCC(O)C1CC1. The molecule has 0 aromatic heterocycles. The lowest BCUT2D eigenvalue weighted by Gasteiger charge is -2.14. The molecule has 1 fully saturated rings. The summed E-state index contributed by atoms with van der Waals surface area (Å²) in [6.07, 6.45) is 1.19. The van der Waals surface area contributed by atoms with Crippen LogP contribution in [0.3, 0.4) is 0 Å². The van der Waals surface area contributed by atoms with E-state index in [-0.39, 0.29) is 12.5 Å². The number of nitrogens with one attached hydrogen (secondary N) is 1. The largest absolute Gasteiger partial charge is 0.477 e. The molecule has 1 aliphatic rings. The minimum Gasteiger partial charge on any atom is -0.477 e. The molecule has 14 heavy (non-hydrogen) atoms. The number of aliphatic carboxylic acids is 1. The van der Waals surface area contributed by atoms with Crippen LogP contribution in [0.2, 0.25) is 0 Å². The summed E-state index contributed by atoms with van der Waals surface area (Å²) < 4.78 is 24.9. The molecule has 3 N–H and O–H groups in total. The monoisotopic (exact) mass is 209 g/mol. The van der Waals surface area contributed by atoms with Crippen LogP contribution in [0.25, 0.3) is 0 Å². The van der Waals surface area contributed by atoms with E-state index < -0.39 is 24.5 Å². The number of carboxylic acids is 1. The molecule has 0 saturated heterocycles. The Balaban J connectivity index is 2.16. The van der Waals surface area contributed by atoms with Gasteiger partial charge in [-0.25, -0.2) is 4.79 Å². The fourth-order valence-corrected chi connectivity index (χ4v) is 1.10. The Bertz CT molecular complexity index is 219. The van der Waals surface area contributed by atoms with E-state index in [0.29, 0.717) is 0 Å². The number of aliphatic hydroxyl groups excluding tert-OH is 1. The van der Waals surface area contributed by atoms with Gasteiger partial charge in [-0.05, 0) is 18.8 Å². The summed E-state index contributed by atoms with van der Waals surface area (Å²) in [5.41, 5.74) is 0. The van der Waals surface area contributed by atoms with E-state index in [1.807, 2.05) is 0 Å². The van der Waals surface area contributed by atoms with Crippen molar-refractivity contribution in [2.24, 2.45) is 5.92 Å². The van der Waals surface area contributed by atoms with Crippen LogP contribution >= 0.6 is 0 Å². The molecular formula is C8H13F2NO3. The first-order chi connectivity index (χ1) is 6.43. The molecular weight excluding hydrogens is 196 g/mol. The zero-order chi connectivity index (χ0) is 10.8. The van der Waals surface area contributed by atoms with E-state index in [0.717, 1.165) is 12.8 Å². The molecule has 0 aromatic rings. The van der Waals surface area contributed by atoms with E-state index in [1.54, 1.807) is 0 Å². The van der Waals surface area contributed by atoms with Crippen molar-refractivity contribution in [1.82, 2.24) is 5.32 Å². The molecule has 0 amide bonds. The van der Waals surface area contributed by atoms with E-state index in [1.165, 1.54) is 0 Å². The minimum atomic E-state index is -3.76. The van der Waals surface area contributed by atoms with Crippen molar-refractivity contribution >= 4 is 5.97 Å². The van der Waals surface area contributed by atoms with E-state index in [4.69, 9.17) is 5.11 Å². The lowest BCUT2D eigenvalue weighted by molar-refractivity contribution is -0.164. The average molecular weight is 209 g/mol. The Hall–Kier alpha value is -0.750. The maximum Gasteiger partial charge on any atom is 0.375 e. The van der Waals surface area contributed by atoms with Crippen molar-refractivity contribution in [2.45, 2.75) is 24.9 Å². The number of alkyl halides is 2. The second-order valence-corrected chi connectivity index (χ2v) is 3.55. The highest BCUT2D eigenvalue weighted by Gasteiger charge is 2.38. The summed E-state index contributed by atoms with van der Waals surface area (Å²) in [6.45, 7) is -0.917. The number of aliphatic hydroxyl groups is 1. The number of rotatable bonds is 6. The number of carbonyl (C=O) groups is 1. The zero-order valence-electron chi connectivity index (χ0n) is 7.54. The summed E-state index contributed by atoms with van der Waals surface area (Å²) in [5.74, 6) is -5.71. The third-order valence-electron chi connectivity index (χ3n) is 2.18. The third kappa shape index (κ3) is 3.19. The average Bonchev–Trinajstić information content (AvgIpc) is 2.85. The fraction of sp³-hybridized carbons (Fsp3) is 0.875. The molecule has 0 bridgehead atoms. The summed E-state index contributed by atoms with van der Waals surface area (Å²) in [6, 6.07) is 0. The predicted octanol–water partition coefficient (Wildman–Crippen LogP) is 0.0668. The first kappa shape index (κ1) is 11.3. The van der Waals surface area contributed by atoms with E-state index in [9.17, 15) is 18.7 Å². The topological polar surface area (TPSA) is 69.6 Å². The van der Waals surface area contributed by atoms with Gasteiger partial charge >= 0.3 is 11.9 Å². The van der Waals surface area contributed by atoms with Gasteiger partial charge in [0.2, 0.25) is 0 Å². The zero-order valence-corrected chi connectivity index (χ0v) is 7.54. The second kappa shape index (κ2) is 4.18. The van der Waals surface area contributed by atoms with Crippen molar-refractivity contribution in [1.29, 1.82) is 0 Å². The first-order valence-corrected chi connectivity index (χ1v) is 4.43. The molecule has 0 heterocycles. The van der Waals surface area contributed by atoms with Crippen molar-refractivity contribution in [3.05, 3.63) is 0 Å². The van der Waals surface area contributed by atoms with Gasteiger partial charge in [0.1, 0.15) is 0 Å². The van der Waals surface area contributed by atoms with Crippen LogP contribution in [0.4, 0.5) is 8.78 Å². The van der Waals surface area contributed by atoms with Gasteiger partial charge in [-0.1, -0.05) is 0 Å². The number of halogens is 2. The quantitative estimate of drug-likeness (QED) is 0.579. The van der Waals surface area contributed by atoms with Gasteiger partial charge in [-0.15, -0.1) is 0 Å². The number of carboxylic acid groups (broad SMARTS) is 1. The van der Waals surface area contributed by atoms with E-state index in [2.05, 4.69) is 5.32 Å². The molecule has 1 atom stereocenters. The Morgan fingerprint density at radius 2 is 2.14 bits per heavy atom. The fourth-order valence-electron chi connectivity index (χ4n) is 1.10. The van der Waals surface area contributed by atoms with Gasteiger partial charge in [0.25, 0.3) is 0 Å². The highest BCUT2D eigenvalue weighted by Crippen LogP contribution is 2.32. The standard InChI is InChI=1S/C8H13F2NO3/c9-8(10,7(13)14)4-11-3-6(12)5-1-2-5/h5-6,11-12H,1-4H2,(H,13,14). The molecule has 1 aliphatic carbocycles. The molecule has 0 aromatic carbocycles. The van der Waals surface area contributed by atoms with Crippen molar-refractivity contribution in [3.8, 4) is 0 Å². The van der Waals surface area contributed by atoms with Crippen LogP contribution in [-0.4, -0.2) is 41.3 Å². The lowest BCUT2D eigenvalue weighted by atomic mass is 10.2. The Morgan fingerprint density at radius 1 is 1.57 bits per heavy atom. The van der Waals surface area contributed by atoms with Crippen LogP contribution < -0.4 is 5.32 Å². The van der Waals surface area contributed by atoms with Crippen LogP contribution in [0.5, 0.6) is 0 Å². The summed E-state index contributed by atoms with van der Waals surface area (Å²) >= 11 is 0. The predicted molar refractivity (Wildman–Crippen MR) is 44.2 cm³/mol. The smallest absolute Gasteiger partial charge is 0.375 e. The molecule has 1 unspecified atom stereocenters. The van der Waals surface area contributed by atoms with Crippen LogP contribution in [0, 0.1) is 5.92 Å². The van der Waals surface area contributed by atoms with Crippen LogP contribution in [-0.2, 0) is 4.79 Å². The van der Waals surface area contributed by atoms with Gasteiger partial charge in [-0.2, -0.15) is 8.78 Å². The summed E-state index contributed by atoms with van der Waals surface area (Å²) in [4.78, 5) is 9.99. The molecule has 0 radical (unpaired) electrons. The molecule has 1 rings (SSSR count). The van der Waals surface area contributed by atoms with Crippen LogP contribution in [0.15, 0.2) is 0 Å².